The van der Waals surface area contributed by atoms with Crippen molar-refractivity contribution in [3.05, 3.63) is 36.4 Å². The van der Waals surface area contributed by atoms with Gasteiger partial charge in [0.25, 0.3) is 0 Å². The van der Waals surface area contributed by atoms with Gasteiger partial charge in [-0.05, 0) is 30.5 Å². The quantitative estimate of drug-likeness (QED) is 0.339. The molecule has 0 aromatic heterocycles. The molecule has 0 saturated carbocycles. The molecule has 0 N–H and O–H groups in total. The Morgan fingerprint density at radius 1 is 1.04 bits per heavy atom. The second kappa shape index (κ2) is 12.6. The van der Waals surface area contributed by atoms with E-state index >= 15 is 0 Å². The first-order valence-electron chi connectivity index (χ1n) is 9.18. The second-order valence-corrected chi connectivity index (χ2v) is 6.17. The third kappa shape index (κ3) is 8.19. The number of benzene rings is 1. The highest BCUT2D eigenvalue weighted by molar-refractivity contribution is 5.74. The van der Waals surface area contributed by atoms with E-state index in [1.807, 2.05) is 24.3 Å². The van der Waals surface area contributed by atoms with E-state index in [0.29, 0.717) is 12.2 Å². The Morgan fingerprint density at radius 2 is 1.62 bits per heavy atom. The van der Waals surface area contributed by atoms with Crippen molar-refractivity contribution in [3.63, 3.8) is 0 Å². The molecule has 1 rings (SSSR count). The molecule has 1 atom stereocenters. The van der Waals surface area contributed by atoms with Gasteiger partial charge in [0.15, 0.2) is 6.10 Å². The predicted octanol–water partition coefficient (Wildman–Crippen LogP) is 5.78. The summed E-state index contributed by atoms with van der Waals surface area (Å²) in [4.78, 5) is 11.9. The molecular formula is C21H32O3. The fourth-order valence-electron chi connectivity index (χ4n) is 2.67. The first-order chi connectivity index (χ1) is 11.7. The second-order valence-electron chi connectivity index (χ2n) is 6.17. The van der Waals surface area contributed by atoms with Gasteiger partial charge >= 0.3 is 5.97 Å². The smallest absolute Gasteiger partial charge is 0.347 e. The molecule has 0 saturated heterocycles. The van der Waals surface area contributed by atoms with Crippen LogP contribution in [0.2, 0.25) is 0 Å². The highest BCUT2D eigenvalue weighted by Gasteiger charge is 2.20. The zero-order chi connectivity index (χ0) is 17.6. The first kappa shape index (κ1) is 20.3. The maximum absolute atomic E-state index is 11.9. The summed E-state index contributed by atoms with van der Waals surface area (Å²) in [6.07, 6.45) is 11.9. The van der Waals surface area contributed by atoms with Gasteiger partial charge in [0.05, 0.1) is 7.11 Å². The number of hydrogen-bond acceptors (Lipinski definition) is 3. The summed E-state index contributed by atoms with van der Waals surface area (Å²) in [5.41, 5.74) is 1.03. The lowest BCUT2D eigenvalue weighted by Gasteiger charge is -2.17. The number of esters is 1. The van der Waals surface area contributed by atoms with Crippen LogP contribution in [0.15, 0.2) is 30.8 Å². The number of ether oxygens (including phenoxy) is 2. The van der Waals surface area contributed by atoms with Gasteiger partial charge in [-0.15, -0.1) is 0 Å². The van der Waals surface area contributed by atoms with Crippen LogP contribution >= 0.6 is 0 Å². The van der Waals surface area contributed by atoms with Crippen LogP contribution in [0.3, 0.4) is 0 Å². The number of carbonyl (C=O) groups is 1. The summed E-state index contributed by atoms with van der Waals surface area (Å²) in [7, 11) is 1.41. The molecule has 0 bridgehead atoms. The fourth-order valence-corrected chi connectivity index (χ4v) is 2.67. The summed E-state index contributed by atoms with van der Waals surface area (Å²) >= 11 is 0. The van der Waals surface area contributed by atoms with Crippen molar-refractivity contribution < 1.29 is 14.3 Å². The third-order valence-corrected chi connectivity index (χ3v) is 4.18. The van der Waals surface area contributed by atoms with Gasteiger partial charge < -0.3 is 9.47 Å². The molecule has 134 valence electrons. The molecular weight excluding hydrogens is 300 g/mol. The largest absolute Gasteiger partial charge is 0.479 e. The van der Waals surface area contributed by atoms with Gasteiger partial charge in [-0.3, -0.25) is 0 Å². The van der Waals surface area contributed by atoms with Crippen molar-refractivity contribution in [1.29, 1.82) is 0 Å². The Bertz CT molecular complexity index is 464. The summed E-state index contributed by atoms with van der Waals surface area (Å²) in [6.45, 7) is 5.96. The Hall–Kier alpha value is -1.77. The number of methoxy groups -OCH3 is 1. The van der Waals surface area contributed by atoms with E-state index in [-0.39, 0.29) is 5.97 Å². The summed E-state index contributed by atoms with van der Waals surface area (Å²) in [5, 5.41) is 0. The van der Waals surface area contributed by atoms with E-state index in [0.717, 1.165) is 18.4 Å². The van der Waals surface area contributed by atoms with Crippen LogP contribution in [0.1, 0.15) is 70.3 Å². The molecule has 1 aromatic rings. The zero-order valence-electron chi connectivity index (χ0n) is 15.3. The Kier molecular flexibility index (Phi) is 10.7. The van der Waals surface area contributed by atoms with Crippen LogP contribution in [0.5, 0.6) is 5.75 Å². The van der Waals surface area contributed by atoms with Crippen molar-refractivity contribution in [1.82, 2.24) is 0 Å². The highest BCUT2D eigenvalue weighted by Crippen LogP contribution is 2.18. The van der Waals surface area contributed by atoms with Gasteiger partial charge in [0.1, 0.15) is 5.75 Å². The molecule has 0 radical (unpaired) electrons. The fraction of sp³-hybridized carbons (Fsp3) is 0.571. The standard InChI is InChI=1S/C21H32O3/c1-4-6-7-8-9-10-11-12-13-20(21(22)23-3)24-19-16-14-18(5-2)15-17-19/h5,14-17,20H,2,4,6-13H2,1,3H3. The number of hydrogen-bond donors (Lipinski definition) is 0. The van der Waals surface area contributed by atoms with Crippen molar-refractivity contribution in [2.45, 2.75) is 70.8 Å². The molecule has 0 amide bonds. The van der Waals surface area contributed by atoms with Crippen molar-refractivity contribution >= 4 is 12.0 Å². The van der Waals surface area contributed by atoms with Crippen LogP contribution in [0, 0.1) is 0 Å². The van der Waals surface area contributed by atoms with Gasteiger partial charge in [-0.2, -0.15) is 0 Å². The van der Waals surface area contributed by atoms with E-state index in [1.54, 1.807) is 6.08 Å². The molecule has 0 fully saturated rings. The van der Waals surface area contributed by atoms with Crippen molar-refractivity contribution in [2.75, 3.05) is 7.11 Å². The molecule has 3 nitrogen and oxygen atoms in total. The third-order valence-electron chi connectivity index (χ3n) is 4.18. The van der Waals surface area contributed by atoms with Crippen LogP contribution in [-0.2, 0) is 9.53 Å². The number of carbonyl (C=O) groups excluding carboxylic acids is 1. The SMILES string of the molecule is C=Cc1ccc(OC(CCCCCCCCCC)C(=O)OC)cc1. The lowest BCUT2D eigenvalue weighted by molar-refractivity contribution is -0.149. The molecule has 0 aliphatic rings. The maximum atomic E-state index is 11.9. The zero-order valence-corrected chi connectivity index (χ0v) is 15.3. The van der Waals surface area contributed by atoms with Crippen LogP contribution in [0.25, 0.3) is 6.08 Å². The minimum absolute atomic E-state index is 0.300. The minimum atomic E-state index is -0.523. The summed E-state index contributed by atoms with van der Waals surface area (Å²) in [5.74, 6) is 0.390. The normalized spacial score (nSPS) is 11.8. The van der Waals surface area contributed by atoms with Gasteiger partial charge in [0.2, 0.25) is 0 Å². The number of unbranched alkanes of at least 4 members (excludes halogenated alkanes) is 7. The Morgan fingerprint density at radius 3 is 2.17 bits per heavy atom. The first-order valence-corrected chi connectivity index (χ1v) is 9.18. The maximum Gasteiger partial charge on any atom is 0.347 e. The molecule has 24 heavy (non-hydrogen) atoms. The molecule has 0 aliphatic heterocycles. The molecule has 1 aromatic carbocycles. The van der Waals surface area contributed by atoms with E-state index in [9.17, 15) is 4.79 Å². The monoisotopic (exact) mass is 332 g/mol. The molecule has 1 unspecified atom stereocenters. The molecule has 0 spiro atoms. The van der Waals surface area contributed by atoms with E-state index < -0.39 is 6.10 Å². The molecule has 0 aliphatic carbocycles. The topological polar surface area (TPSA) is 35.5 Å². The Labute approximate surface area is 147 Å². The van der Waals surface area contributed by atoms with Crippen molar-refractivity contribution in [2.24, 2.45) is 0 Å². The van der Waals surface area contributed by atoms with Crippen LogP contribution < -0.4 is 4.74 Å². The van der Waals surface area contributed by atoms with Gasteiger partial charge in [-0.1, -0.05) is 76.7 Å². The summed E-state index contributed by atoms with van der Waals surface area (Å²) in [6, 6.07) is 7.57. The molecule has 0 heterocycles. The van der Waals surface area contributed by atoms with Crippen LogP contribution in [-0.4, -0.2) is 19.2 Å². The lowest BCUT2D eigenvalue weighted by Crippen LogP contribution is -2.28. The van der Waals surface area contributed by atoms with Gasteiger partial charge in [0, 0.05) is 0 Å². The minimum Gasteiger partial charge on any atom is -0.479 e. The van der Waals surface area contributed by atoms with E-state index in [2.05, 4.69) is 13.5 Å². The predicted molar refractivity (Wildman–Crippen MR) is 100 cm³/mol. The van der Waals surface area contributed by atoms with Crippen molar-refractivity contribution in [3.8, 4) is 5.75 Å². The van der Waals surface area contributed by atoms with E-state index in [1.165, 1.54) is 45.6 Å². The lowest BCUT2D eigenvalue weighted by atomic mass is 10.1. The average Bonchev–Trinajstić information content (AvgIpc) is 2.62. The average molecular weight is 332 g/mol. The Balaban J connectivity index is 2.34. The highest BCUT2D eigenvalue weighted by atomic mass is 16.6. The molecule has 3 heteroatoms. The summed E-state index contributed by atoms with van der Waals surface area (Å²) < 4.78 is 10.7. The van der Waals surface area contributed by atoms with Crippen LogP contribution in [0.4, 0.5) is 0 Å². The van der Waals surface area contributed by atoms with E-state index in [4.69, 9.17) is 9.47 Å². The number of rotatable bonds is 13. The van der Waals surface area contributed by atoms with Gasteiger partial charge in [-0.25, -0.2) is 4.79 Å².